The molecule has 0 aliphatic heterocycles. The van der Waals surface area contributed by atoms with E-state index in [4.69, 9.17) is 22.0 Å². The van der Waals surface area contributed by atoms with Gasteiger partial charge >= 0.3 is 0 Å². The normalized spacial score (nSPS) is 11.6. The van der Waals surface area contributed by atoms with Crippen LogP contribution in [0.5, 0.6) is 0 Å². The van der Waals surface area contributed by atoms with Crippen LogP contribution >= 0.6 is 11.6 Å². The van der Waals surface area contributed by atoms with Gasteiger partial charge in [0.15, 0.2) is 5.78 Å². The van der Waals surface area contributed by atoms with Crippen molar-refractivity contribution in [1.29, 1.82) is 5.26 Å². The van der Waals surface area contributed by atoms with Gasteiger partial charge in [-0.2, -0.15) is 5.26 Å². The van der Waals surface area contributed by atoms with Crippen LogP contribution in [0.1, 0.15) is 12.5 Å². The van der Waals surface area contributed by atoms with Gasteiger partial charge in [0.25, 0.3) is 0 Å². The first kappa shape index (κ1) is 12.3. The van der Waals surface area contributed by atoms with Crippen LogP contribution in [0.2, 0.25) is 5.02 Å². The highest BCUT2D eigenvalue weighted by Gasteiger charge is 2.12. The van der Waals surface area contributed by atoms with Crippen molar-refractivity contribution in [2.24, 2.45) is 0 Å². The Morgan fingerprint density at radius 1 is 1.44 bits per heavy atom. The van der Waals surface area contributed by atoms with Crippen LogP contribution in [0.15, 0.2) is 35.6 Å². The predicted octanol–water partition coefficient (Wildman–Crippen LogP) is 2.81. The Hall–Kier alpha value is -1.79. The van der Waals surface area contributed by atoms with E-state index in [0.29, 0.717) is 5.02 Å². The van der Waals surface area contributed by atoms with E-state index in [0.717, 1.165) is 5.56 Å². The van der Waals surface area contributed by atoms with Crippen LogP contribution in [0.3, 0.4) is 0 Å². The van der Waals surface area contributed by atoms with Gasteiger partial charge in [0.2, 0.25) is 0 Å². The zero-order chi connectivity index (χ0) is 12.1. The number of aliphatic hydroxyl groups excluding tert-OH is 1. The number of halogens is 1. The van der Waals surface area contributed by atoms with Gasteiger partial charge in [-0.1, -0.05) is 23.7 Å². The van der Waals surface area contributed by atoms with Gasteiger partial charge in [0.1, 0.15) is 17.4 Å². The number of aliphatic hydroxyl groups is 1. The van der Waals surface area contributed by atoms with Gasteiger partial charge in [-0.3, -0.25) is 4.79 Å². The van der Waals surface area contributed by atoms with Crippen molar-refractivity contribution in [1.82, 2.24) is 0 Å². The Kier molecular flexibility index (Phi) is 4.10. The molecule has 0 fully saturated rings. The summed E-state index contributed by atoms with van der Waals surface area (Å²) in [5, 5.41) is 18.4. The number of hydrogen-bond acceptors (Lipinski definition) is 3. The Morgan fingerprint density at radius 2 is 2.00 bits per heavy atom. The number of hydrogen-bond donors (Lipinski definition) is 1. The molecule has 0 aliphatic carbocycles. The molecule has 0 radical (unpaired) electrons. The highest BCUT2D eigenvalue weighted by molar-refractivity contribution is 6.30. The highest BCUT2D eigenvalue weighted by Crippen LogP contribution is 2.12. The fraction of sp³-hybridized carbons (Fsp3) is 0.167. The summed E-state index contributed by atoms with van der Waals surface area (Å²) in [5.74, 6) is -0.647. The molecule has 16 heavy (non-hydrogen) atoms. The van der Waals surface area contributed by atoms with Crippen molar-refractivity contribution >= 4 is 17.4 Å². The van der Waals surface area contributed by atoms with Crippen LogP contribution in [0, 0.1) is 11.3 Å². The predicted molar refractivity (Wildman–Crippen MR) is 61.1 cm³/mol. The molecule has 0 spiro atoms. The number of nitrogens with zero attached hydrogens (tertiary/aromatic N) is 1. The Morgan fingerprint density at radius 3 is 2.44 bits per heavy atom. The Balaban J connectivity index is 2.84. The number of ketones is 1. The lowest BCUT2D eigenvalue weighted by molar-refractivity contribution is -0.114. The maximum absolute atomic E-state index is 11.6. The van der Waals surface area contributed by atoms with Gasteiger partial charge in [-0.05, 0) is 24.6 Å². The summed E-state index contributed by atoms with van der Waals surface area (Å²) in [6, 6.07) is 8.45. The molecule has 0 aromatic heterocycles. The zero-order valence-corrected chi connectivity index (χ0v) is 9.45. The molecule has 1 aromatic rings. The monoisotopic (exact) mass is 235 g/mol. The summed E-state index contributed by atoms with van der Waals surface area (Å²) >= 11 is 5.70. The number of allylic oxidation sites excluding steroid dienone is 2. The van der Waals surface area contributed by atoms with Crippen LogP contribution in [0.4, 0.5) is 0 Å². The first-order valence-corrected chi connectivity index (χ1v) is 5.00. The smallest absolute Gasteiger partial charge is 0.181 e. The summed E-state index contributed by atoms with van der Waals surface area (Å²) in [6.07, 6.45) is 0.0813. The summed E-state index contributed by atoms with van der Waals surface area (Å²) < 4.78 is 0. The fourth-order valence-corrected chi connectivity index (χ4v) is 1.35. The molecule has 1 N–H and O–H groups in total. The number of rotatable bonds is 3. The van der Waals surface area contributed by atoms with Gasteiger partial charge in [-0.25, -0.2) is 0 Å². The molecule has 0 unspecified atom stereocenters. The topological polar surface area (TPSA) is 61.1 Å². The molecular weight excluding hydrogens is 226 g/mol. The van der Waals surface area contributed by atoms with Crippen LogP contribution in [-0.4, -0.2) is 10.9 Å². The fourth-order valence-electron chi connectivity index (χ4n) is 1.22. The van der Waals surface area contributed by atoms with E-state index in [1.807, 2.05) is 0 Å². The van der Waals surface area contributed by atoms with Crippen LogP contribution in [0.25, 0.3) is 0 Å². The third-order valence-electron chi connectivity index (χ3n) is 2.03. The molecule has 4 heteroatoms. The molecule has 0 amide bonds. The zero-order valence-electron chi connectivity index (χ0n) is 8.70. The molecule has 0 bridgehead atoms. The average molecular weight is 236 g/mol. The first-order chi connectivity index (χ1) is 7.54. The number of nitriles is 1. The maximum Gasteiger partial charge on any atom is 0.181 e. The summed E-state index contributed by atoms with van der Waals surface area (Å²) in [6.45, 7) is 1.32. The standard InChI is InChI=1S/C12H10ClNO2/c1-8(15)11(7-14)12(16)6-9-2-4-10(13)5-3-9/h2-5,15H,6H2,1H3. The van der Waals surface area contributed by atoms with Crippen LogP contribution in [-0.2, 0) is 11.2 Å². The third kappa shape index (κ3) is 3.11. The van der Waals surface area contributed by atoms with E-state index < -0.39 is 5.78 Å². The highest BCUT2D eigenvalue weighted by atomic mass is 35.5. The summed E-state index contributed by atoms with van der Waals surface area (Å²) in [4.78, 5) is 11.6. The maximum atomic E-state index is 11.6. The molecule has 1 aromatic carbocycles. The number of carbonyl (C=O) groups is 1. The van der Waals surface area contributed by atoms with Gasteiger partial charge in [0, 0.05) is 11.4 Å². The molecule has 3 nitrogen and oxygen atoms in total. The van der Waals surface area contributed by atoms with Crippen molar-refractivity contribution in [2.75, 3.05) is 0 Å². The number of Topliss-reactive ketones (excluding diaryl/α,β-unsaturated/α-hetero) is 1. The second-order valence-corrected chi connectivity index (χ2v) is 3.74. The summed E-state index contributed by atoms with van der Waals surface area (Å²) in [5.41, 5.74) is 0.554. The number of benzene rings is 1. The molecule has 0 heterocycles. The second-order valence-electron chi connectivity index (χ2n) is 3.30. The molecular formula is C12H10ClNO2. The average Bonchev–Trinajstić information content (AvgIpc) is 2.22. The second kappa shape index (κ2) is 5.34. The minimum Gasteiger partial charge on any atom is -0.511 e. The minimum atomic E-state index is -0.398. The Labute approximate surface area is 98.6 Å². The molecule has 0 aliphatic rings. The minimum absolute atomic E-state index is 0.0813. The van der Waals surface area contributed by atoms with E-state index in [1.54, 1.807) is 30.3 Å². The van der Waals surface area contributed by atoms with Crippen molar-refractivity contribution in [3.05, 3.63) is 46.2 Å². The lowest BCUT2D eigenvalue weighted by Crippen LogP contribution is -2.07. The lowest BCUT2D eigenvalue weighted by atomic mass is 10.0. The first-order valence-electron chi connectivity index (χ1n) is 4.62. The largest absolute Gasteiger partial charge is 0.511 e. The number of carbonyl (C=O) groups excluding carboxylic acids is 1. The van der Waals surface area contributed by atoms with E-state index in [1.165, 1.54) is 6.92 Å². The van der Waals surface area contributed by atoms with Gasteiger partial charge < -0.3 is 5.11 Å². The molecule has 82 valence electrons. The van der Waals surface area contributed by atoms with Gasteiger partial charge in [-0.15, -0.1) is 0 Å². The Bertz CT molecular complexity index is 465. The lowest BCUT2D eigenvalue weighted by Gasteiger charge is -2.01. The van der Waals surface area contributed by atoms with Crippen molar-refractivity contribution in [3.8, 4) is 6.07 Å². The van der Waals surface area contributed by atoms with E-state index in [9.17, 15) is 4.79 Å². The molecule has 0 saturated carbocycles. The molecule has 0 atom stereocenters. The molecule has 0 saturated heterocycles. The van der Waals surface area contributed by atoms with Crippen molar-refractivity contribution in [3.63, 3.8) is 0 Å². The van der Waals surface area contributed by atoms with E-state index in [-0.39, 0.29) is 17.8 Å². The third-order valence-corrected chi connectivity index (χ3v) is 2.28. The van der Waals surface area contributed by atoms with Crippen LogP contribution < -0.4 is 0 Å². The van der Waals surface area contributed by atoms with E-state index >= 15 is 0 Å². The quantitative estimate of drug-likeness (QED) is 0.498. The van der Waals surface area contributed by atoms with E-state index in [2.05, 4.69) is 0 Å². The SMILES string of the molecule is CC(O)=C(C#N)C(=O)Cc1ccc(Cl)cc1. The van der Waals surface area contributed by atoms with Gasteiger partial charge in [0.05, 0.1) is 0 Å². The van der Waals surface area contributed by atoms with Crippen molar-refractivity contribution in [2.45, 2.75) is 13.3 Å². The molecule has 1 rings (SSSR count). The van der Waals surface area contributed by atoms with Crippen molar-refractivity contribution < 1.29 is 9.90 Å². The summed E-state index contributed by atoms with van der Waals surface area (Å²) in [7, 11) is 0.